The molecule has 20 heavy (non-hydrogen) atoms. The molecule has 0 N–H and O–H groups in total. The summed E-state index contributed by atoms with van der Waals surface area (Å²) in [6.45, 7) is 5.38. The van der Waals surface area contributed by atoms with Crippen LogP contribution in [0.15, 0.2) is 0 Å². The number of hydrogen-bond acceptors (Lipinski definition) is 2. The maximum Gasteiger partial charge on any atom is 0.129 e. The normalized spacial score (nSPS) is 23.1. The second-order valence-corrected chi connectivity index (χ2v) is 7.17. The summed E-state index contributed by atoms with van der Waals surface area (Å²) >= 11 is 0. The third kappa shape index (κ3) is 5.95. The fourth-order valence-corrected chi connectivity index (χ4v) is 4.00. The molecule has 1 saturated carbocycles. The first-order valence-corrected chi connectivity index (χ1v) is 8.96. The van der Waals surface area contributed by atoms with Crippen LogP contribution in [0.3, 0.4) is 0 Å². The Balaban J connectivity index is 1.53. The molecule has 1 aliphatic carbocycles. The lowest BCUT2D eigenvalue weighted by Gasteiger charge is -2.33. The van der Waals surface area contributed by atoms with Crippen molar-refractivity contribution in [3.8, 4) is 0 Å². The van der Waals surface area contributed by atoms with Gasteiger partial charge in [0.15, 0.2) is 0 Å². The molecule has 2 heteroatoms. The van der Waals surface area contributed by atoms with Crippen molar-refractivity contribution in [3.63, 3.8) is 0 Å². The van der Waals surface area contributed by atoms with E-state index in [2.05, 4.69) is 4.90 Å². The minimum Gasteiger partial charge on any atom is -0.303 e. The van der Waals surface area contributed by atoms with E-state index in [-0.39, 0.29) is 0 Å². The Morgan fingerprint density at radius 3 is 2.15 bits per heavy atom. The molecule has 0 radical (unpaired) electrons. The Kier molecular flexibility index (Phi) is 7.06. The number of likely N-dealkylation sites (tertiary alicyclic amines) is 1. The average Bonchev–Trinajstić information content (AvgIpc) is 2.47. The van der Waals surface area contributed by atoms with E-state index in [4.69, 9.17) is 0 Å². The predicted molar refractivity (Wildman–Crippen MR) is 84.9 cm³/mol. The van der Waals surface area contributed by atoms with Crippen LogP contribution < -0.4 is 0 Å². The fraction of sp³-hybridized carbons (Fsp3) is 0.944. The summed E-state index contributed by atoms with van der Waals surface area (Å²) in [6.07, 6.45) is 15.0. The van der Waals surface area contributed by atoms with Gasteiger partial charge in [0.05, 0.1) is 0 Å². The quantitative estimate of drug-likeness (QED) is 0.687. The van der Waals surface area contributed by atoms with Gasteiger partial charge in [-0.2, -0.15) is 0 Å². The van der Waals surface area contributed by atoms with Crippen LogP contribution in [0.25, 0.3) is 0 Å². The minimum absolute atomic E-state index is 0.340. The average molecular weight is 279 g/mol. The van der Waals surface area contributed by atoms with E-state index in [1.165, 1.54) is 70.9 Å². The van der Waals surface area contributed by atoms with Gasteiger partial charge in [-0.3, -0.25) is 0 Å². The summed E-state index contributed by atoms with van der Waals surface area (Å²) in [6, 6.07) is 0. The Hall–Kier alpha value is -0.370. The van der Waals surface area contributed by atoms with E-state index in [1.807, 2.05) is 0 Å². The number of Topliss-reactive ketones (excluding diaryl/α,β-unsaturated/α-hetero) is 1. The van der Waals surface area contributed by atoms with E-state index >= 15 is 0 Å². The van der Waals surface area contributed by atoms with Crippen molar-refractivity contribution in [1.29, 1.82) is 0 Å². The lowest BCUT2D eigenvalue weighted by atomic mass is 9.82. The van der Waals surface area contributed by atoms with E-state index < -0.39 is 0 Å². The maximum atomic E-state index is 11.0. The van der Waals surface area contributed by atoms with Gasteiger partial charge in [0.25, 0.3) is 0 Å². The van der Waals surface area contributed by atoms with Gasteiger partial charge < -0.3 is 9.69 Å². The van der Waals surface area contributed by atoms with E-state index in [1.54, 1.807) is 6.92 Å². The summed E-state index contributed by atoms with van der Waals surface area (Å²) in [5.41, 5.74) is 0. The molecule has 2 nitrogen and oxygen atoms in total. The number of carbonyl (C=O) groups excluding carboxylic acids is 1. The zero-order valence-corrected chi connectivity index (χ0v) is 13.4. The van der Waals surface area contributed by atoms with E-state index in [9.17, 15) is 4.79 Å². The van der Waals surface area contributed by atoms with Crippen LogP contribution in [0.1, 0.15) is 77.6 Å². The topological polar surface area (TPSA) is 20.3 Å². The number of rotatable bonds is 7. The molecular formula is C18H33NO. The van der Waals surface area contributed by atoms with Gasteiger partial charge in [-0.05, 0) is 57.7 Å². The highest BCUT2D eigenvalue weighted by Gasteiger charge is 2.21. The molecule has 0 atom stereocenters. The molecule has 0 unspecified atom stereocenters. The molecule has 0 aromatic heterocycles. The first kappa shape index (κ1) is 16.0. The Morgan fingerprint density at radius 2 is 1.55 bits per heavy atom. The molecule has 1 aliphatic heterocycles. The van der Waals surface area contributed by atoms with E-state index in [0.717, 1.165) is 31.2 Å². The molecule has 0 aromatic rings. The zero-order chi connectivity index (χ0) is 14.2. The number of piperidine rings is 1. The Labute approximate surface area is 125 Å². The van der Waals surface area contributed by atoms with Gasteiger partial charge in [-0.1, -0.05) is 44.9 Å². The number of ketones is 1. The maximum absolute atomic E-state index is 11.0. The highest BCUT2D eigenvalue weighted by atomic mass is 16.1. The SMILES string of the molecule is CC(=O)CCCN1CCC(CCC2CCCCC2)CC1. The van der Waals surface area contributed by atoms with Crippen molar-refractivity contribution in [2.45, 2.75) is 77.6 Å². The number of hydrogen-bond donors (Lipinski definition) is 0. The van der Waals surface area contributed by atoms with Crippen molar-refractivity contribution < 1.29 is 4.79 Å². The summed E-state index contributed by atoms with van der Waals surface area (Å²) < 4.78 is 0. The molecular weight excluding hydrogens is 246 g/mol. The molecule has 0 spiro atoms. The third-order valence-corrected chi connectivity index (χ3v) is 5.42. The summed E-state index contributed by atoms with van der Waals surface area (Å²) in [5, 5.41) is 0. The smallest absolute Gasteiger partial charge is 0.129 e. The van der Waals surface area contributed by atoms with Crippen LogP contribution in [0.2, 0.25) is 0 Å². The van der Waals surface area contributed by atoms with Crippen LogP contribution in [0.4, 0.5) is 0 Å². The number of nitrogens with zero attached hydrogens (tertiary/aromatic N) is 1. The lowest BCUT2D eigenvalue weighted by Crippen LogP contribution is -2.34. The molecule has 0 bridgehead atoms. The Bertz CT molecular complexity index is 275. The highest BCUT2D eigenvalue weighted by molar-refractivity contribution is 5.75. The Morgan fingerprint density at radius 1 is 0.950 bits per heavy atom. The third-order valence-electron chi connectivity index (χ3n) is 5.42. The first-order chi connectivity index (χ1) is 9.74. The van der Waals surface area contributed by atoms with Crippen molar-refractivity contribution in [3.05, 3.63) is 0 Å². The molecule has 2 rings (SSSR count). The van der Waals surface area contributed by atoms with Gasteiger partial charge in [-0.15, -0.1) is 0 Å². The van der Waals surface area contributed by atoms with Crippen LogP contribution in [-0.4, -0.2) is 30.3 Å². The largest absolute Gasteiger partial charge is 0.303 e. The monoisotopic (exact) mass is 279 g/mol. The second kappa shape index (κ2) is 8.81. The minimum atomic E-state index is 0.340. The van der Waals surface area contributed by atoms with Crippen LogP contribution >= 0.6 is 0 Å². The van der Waals surface area contributed by atoms with Gasteiger partial charge in [0.2, 0.25) is 0 Å². The standard InChI is InChI=1S/C18H33NO/c1-16(20)6-5-13-19-14-11-18(12-15-19)10-9-17-7-3-2-4-8-17/h17-18H,2-15H2,1H3. The zero-order valence-electron chi connectivity index (χ0n) is 13.4. The number of carbonyl (C=O) groups is 1. The van der Waals surface area contributed by atoms with E-state index in [0.29, 0.717) is 5.78 Å². The van der Waals surface area contributed by atoms with Gasteiger partial charge in [-0.25, -0.2) is 0 Å². The van der Waals surface area contributed by atoms with Gasteiger partial charge in [0.1, 0.15) is 5.78 Å². The van der Waals surface area contributed by atoms with Gasteiger partial charge >= 0.3 is 0 Å². The molecule has 0 aromatic carbocycles. The molecule has 116 valence electrons. The van der Waals surface area contributed by atoms with Crippen LogP contribution in [-0.2, 0) is 4.79 Å². The van der Waals surface area contributed by atoms with Crippen molar-refractivity contribution in [2.24, 2.45) is 11.8 Å². The lowest BCUT2D eigenvalue weighted by molar-refractivity contribution is -0.117. The molecule has 2 fully saturated rings. The summed E-state index contributed by atoms with van der Waals surface area (Å²) in [7, 11) is 0. The van der Waals surface area contributed by atoms with Gasteiger partial charge in [0, 0.05) is 6.42 Å². The van der Waals surface area contributed by atoms with Crippen LogP contribution in [0.5, 0.6) is 0 Å². The van der Waals surface area contributed by atoms with Crippen molar-refractivity contribution >= 4 is 5.78 Å². The van der Waals surface area contributed by atoms with Crippen LogP contribution in [0, 0.1) is 11.8 Å². The van der Waals surface area contributed by atoms with Crippen molar-refractivity contribution in [2.75, 3.05) is 19.6 Å². The molecule has 1 saturated heterocycles. The predicted octanol–water partition coefficient (Wildman–Crippen LogP) is 4.43. The highest BCUT2D eigenvalue weighted by Crippen LogP contribution is 2.31. The first-order valence-electron chi connectivity index (χ1n) is 8.96. The van der Waals surface area contributed by atoms with Crippen molar-refractivity contribution in [1.82, 2.24) is 4.90 Å². The summed E-state index contributed by atoms with van der Waals surface area (Å²) in [5.74, 6) is 2.38. The molecule has 2 aliphatic rings. The second-order valence-electron chi connectivity index (χ2n) is 7.17. The summed E-state index contributed by atoms with van der Waals surface area (Å²) in [4.78, 5) is 13.5. The molecule has 1 heterocycles. The fourth-order valence-electron chi connectivity index (χ4n) is 4.00. The molecule has 0 amide bonds.